The van der Waals surface area contributed by atoms with E-state index in [1.165, 1.54) is 12.1 Å². The summed E-state index contributed by atoms with van der Waals surface area (Å²) in [4.78, 5) is 0. The van der Waals surface area contributed by atoms with Gasteiger partial charge in [0.1, 0.15) is 17.7 Å². The maximum Gasteiger partial charge on any atom is 0.141 e. The van der Waals surface area contributed by atoms with E-state index in [1.807, 2.05) is 6.92 Å². The van der Waals surface area contributed by atoms with Crippen LogP contribution in [0.2, 0.25) is 0 Å². The molecule has 0 amide bonds. The van der Waals surface area contributed by atoms with Gasteiger partial charge >= 0.3 is 0 Å². The van der Waals surface area contributed by atoms with Crippen LogP contribution in [0.5, 0.6) is 0 Å². The molecule has 23 heavy (non-hydrogen) atoms. The average molecular weight is 317 g/mol. The van der Waals surface area contributed by atoms with Crippen molar-refractivity contribution in [3.8, 4) is 6.07 Å². The molecule has 3 heteroatoms. The van der Waals surface area contributed by atoms with Gasteiger partial charge in [-0.2, -0.15) is 5.26 Å². The zero-order valence-electron chi connectivity index (χ0n) is 14.4. The fourth-order valence-electron chi connectivity index (χ4n) is 2.54. The van der Waals surface area contributed by atoms with E-state index in [0.29, 0.717) is 17.1 Å². The van der Waals surface area contributed by atoms with Crippen molar-refractivity contribution in [3.63, 3.8) is 0 Å². The van der Waals surface area contributed by atoms with Crippen molar-refractivity contribution in [1.29, 1.82) is 5.26 Å². The van der Waals surface area contributed by atoms with E-state index in [1.54, 1.807) is 25.1 Å². The third-order valence-corrected chi connectivity index (χ3v) is 4.22. The number of benzene rings is 1. The van der Waals surface area contributed by atoms with Gasteiger partial charge in [0, 0.05) is 0 Å². The highest BCUT2D eigenvalue weighted by Gasteiger charge is 2.11. The van der Waals surface area contributed by atoms with E-state index in [2.05, 4.69) is 13.8 Å². The van der Waals surface area contributed by atoms with Crippen molar-refractivity contribution >= 4 is 5.57 Å². The van der Waals surface area contributed by atoms with Crippen molar-refractivity contribution in [2.24, 2.45) is 5.92 Å². The van der Waals surface area contributed by atoms with Gasteiger partial charge in [-0.25, -0.2) is 8.78 Å². The molecule has 1 unspecified atom stereocenters. The van der Waals surface area contributed by atoms with Crippen molar-refractivity contribution in [3.05, 3.63) is 52.6 Å². The molecule has 0 aliphatic carbocycles. The Kier molecular flexibility index (Phi) is 7.68. The van der Waals surface area contributed by atoms with Crippen molar-refractivity contribution < 1.29 is 8.78 Å². The maximum atomic E-state index is 14.5. The Hall–Kier alpha value is -1.95. The predicted molar refractivity (Wildman–Crippen MR) is 91.9 cm³/mol. The molecule has 1 aromatic carbocycles. The summed E-state index contributed by atoms with van der Waals surface area (Å²) in [6.45, 7) is 7.93. The highest BCUT2D eigenvalue weighted by atomic mass is 19.1. The smallest absolute Gasteiger partial charge is 0.141 e. The molecule has 0 spiro atoms. The summed E-state index contributed by atoms with van der Waals surface area (Å²) >= 11 is 0. The monoisotopic (exact) mass is 317 g/mol. The fraction of sp³-hybridized carbons (Fsp3) is 0.450. The molecule has 0 aromatic heterocycles. The second-order valence-electron chi connectivity index (χ2n) is 5.90. The Morgan fingerprint density at radius 2 is 2.04 bits per heavy atom. The Labute approximate surface area is 138 Å². The topological polar surface area (TPSA) is 23.8 Å². The van der Waals surface area contributed by atoms with Crippen LogP contribution in [-0.4, -0.2) is 0 Å². The van der Waals surface area contributed by atoms with Crippen LogP contribution in [0.3, 0.4) is 0 Å². The van der Waals surface area contributed by atoms with Crippen molar-refractivity contribution in [2.75, 3.05) is 0 Å². The molecule has 1 rings (SSSR count). The Balaban J connectivity index is 3.10. The summed E-state index contributed by atoms with van der Waals surface area (Å²) in [5, 5.41) is 8.75. The lowest BCUT2D eigenvalue weighted by molar-refractivity contribution is 0.554. The summed E-state index contributed by atoms with van der Waals surface area (Å²) in [5.74, 6) is -0.612. The number of unbranched alkanes of at least 4 members (excludes halogenated alkanes) is 1. The molecule has 0 saturated carbocycles. The molecule has 0 N–H and O–H groups in total. The Morgan fingerprint density at radius 1 is 1.35 bits per heavy atom. The van der Waals surface area contributed by atoms with Crippen LogP contribution in [0, 0.1) is 23.1 Å². The number of nitrogens with zero attached hydrogens (tertiary/aromatic N) is 1. The molecule has 0 saturated heterocycles. The van der Waals surface area contributed by atoms with Crippen molar-refractivity contribution in [2.45, 2.75) is 53.4 Å². The lowest BCUT2D eigenvalue weighted by Gasteiger charge is -2.14. The third-order valence-electron chi connectivity index (χ3n) is 4.22. The zero-order valence-corrected chi connectivity index (χ0v) is 14.4. The van der Waals surface area contributed by atoms with Gasteiger partial charge in [0.2, 0.25) is 0 Å². The largest absolute Gasteiger partial charge is 0.207 e. The number of hydrogen-bond acceptors (Lipinski definition) is 1. The average Bonchev–Trinajstić information content (AvgIpc) is 2.56. The SMILES string of the molecule is CCCCC(C)/C(=C/C(F)=C(\C)c1ccc(C#N)c(F)c1)CC. The third kappa shape index (κ3) is 5.32. The fourth-order valence-corrected chi connectivity index (χ4v) is 2.54. The minimum Gasteiger partial charge on any atom is -0.207 e. The van der Waals surface area contributed by atoms with Crippen LogP contribution < -0.4 is 0 Å². The van der Waals surface area contributed by atoms with E-state index < -0.39 is 5.82 Å². The molecule has 0 aliphatic heterocycles. The summed E-state index contributed by atoms with van der Waals surface area (Å²) in [5.41, 5.74) is 1.90. The standard InChI is InChI=1S/C20H25F2N/c1-5-7-8-14(3)16(6-2)11-19(21)15(4)17-9-10-18(13-23)20(22)12-17/h9-12,14H,5-8H2,1-4H3/b16-11+,19-15-. The van der Waals surface area contributed by atoms with Gasteiger partial charge in [-0.3, -0.25) is 0 Å². The number of hydrogen-bond donors (Lipinski definition) is 0. The van der Waals surface area contributed by atoms with Crippen molar-refractivity contribution in [1.82, 2.24) is 0 Å². The number of allylic oxidation sites excluding steroid dienone is 4. The molecular formula is C20H25F2N. The predicted octanol–water partition coefficient (Wildman–Crippen LogP) is 6.56. The molecule has 0 fully saturated rings. The maximum absolute atomic E-state index is 14.5. The summed E-state index contributed by atoms with van der Waals surface area (Å²) in [6.07, 6.45) is 5.69. The summed E-state index contributed by atoms with van der Waals surface area (Å²) < 4.78 is 28.2. The highest BCUT2D eigenvalue weighted by Crippen LogP contribution is 2.27. The lowest BCUT2D eigenvalue weighted by atomic mass is 9.92. The zero-order chi connectivity index (χ0) is 17.4. The molecule has 0 heterocycles. The van der Waals surface area contributed by atoms with E-state index in [0.717, 1.165) is 31.3 Å². The van der Waals surface area contributed by atoms with Crippen LogP contribution in [0.1, 0.15) is 64.5 Å². The second kappa shape index (κ2) is 9.25. The molecular weight excluding hydrogens is 292 g/mol. The minimum absolute atomic E-state index is 0.0278. The number of nitriles is 1. The molecule has 124 valence electrons. The highest BCUT2D eigenvalue weighted by molar-refractivity contribution is 5.68. The van der Waals surface area contributed by atoms with Gasteiger partial charge in [-0.1, -0.05) is 45.3 Å². The van der Waals surface area contributed by atoms with Gasteiger partial charge in [-0.15, -0.1) is 0 Å². The molecule has 0 aliphatic rings. The van der Waals surface area contributed by atoms with Gasteiger partial charge in [0.25, 0.3) is 0 Å². The quantitative estimate of drug-likeness (QED) is 0.522. The molecule has 0 radical (unpaired) electrons. The van der Waals surface area contributed by atoms with E-state index in [4.69, 9.17) is 5.26 Å². The van der Waals surface area contributed by atoms with Crippen LogP contribution in [-0.2, 0) is 0 Å². The summed E-state index contributed by atoms with van der Waals surface area (Å²) in [7, 11) is 0. The molecule has 1 aromatic rings. The first-order valence-electron chi connectivity index (χ1n) is 8.21. The Morgan fingerprint density at radius 3 is 2.57 bits per heavy atom. The number of rotatable bonds is 7. The van der Waals surface area contributed by atoms with Crippen LogP contribution in [0.4, 0.5) is 8.78 Å². The van der Waals surface area contributed by atoms with E-state index in [-0.39, 0.29) is 11.4 Å². The van der Waals surface area contributed by atoms with Crippen LogP contribution >= 0.6 is 0 Å². The molecule has 1 atom stereocenters. The van der Waals surface area contributed by atoms with E-state index in [9.17, 15) is 8.78 Å². The first-order chi connectivity index (χ1) is 10.9. The van der Waals surface area contributed by atoms with Crippen LogP contribution in [0.15, 0.2) is 35.7 Å². The van der Waals surface area contributed by atoms with Gasteiger partial charge in [-0.05, 0) is 55.0 Å². The Bertz CT molecular complexity index is 636. The first kappa shape index (κ1) is 19.1. The van der Waals surface area contributed by atoms with Crippen LogP contribution in [0.25, 0.3) is 5.57 Å². The summed E-state index contributed by atoms with van der Waals surface area (Å²) in [6, 6.07) is 5.95. The second-order valence-corrected chi connectivity index (χ2v) is 5.90. The minimum atomic E-state index is -0.617. The van der Waals surface area contributed by atoms with Gasteiger partial charge < -0.3 is 0 Å². The molecule has 0 bridgehead atoms. The normalized spacial score (nSPS) is 14.2. The molecule has 1 nitrogen and oxygen atoms in total. The first-order valence-corrected chi connectivity index (χ1v) is 8.21. The van der Waals surface area contributed by atoms with E-state index >= 15 is 0 Å². The lowest BCUT2D eigenvalue weighted by Crippen LogP contribution is -1.99. The van der Waals surface area contributed by atoms with Gasteiger partial charge in [0.15, 0.2) is 0 Å². The number of halogens is 2. The van der Waals surface area contributed by atoms with Gasteiger partial charge in [0.05, 0.1) is 5.56 Å².